The number of rotatable bonds is 6. The van der Waals surface area contributed by atoms with E-state index in [4.69, 9.17) is 10.00 Å². The maximum absolute atomic E-state index is 9.02. The Morgan fingerprint density at radius 3 is 2.56 bits per heavy atom. The molecule has 1 saturated carbocycles. The average molecular weight is 252 g/mol. The molecule has 18 heavy (non-hydrogen) atoms. The van der Waals surface area contributed by atoms with E-state index in [9.17, 15) is 0 Å². The molecule has 0 amide bonds. The monoisotopic (exact) mass is 252 g/mol. The number of ether oxygens (including phenoxy) is 1. The fourth-order valence-electron chi connectivity index (χ4n) is 2.59. The minimum atomic E-state index is -0.0788. The first kappa shape index (κ1) is 15.5. The average Bonchev–Trinajstić information content (AvgIpc) is 2.32. The first-order valence-corrected chi connectivity index (χ1v) is 7.30. The number of nitrogens with one attached hydrogen (secondary N) is 1. The zero-order valence-electron chi connectivity index (χ0n) is 12.3. The summed E-state index contributed by atoms with van der Waals surface area (Å²) in [5.41, 5.74) is 0. The number of hydrogen-bond donors (Lipinski definition) is 1. The highest BCUT2D eigenvalue weighted by Crippen LogP contribution is 2.30. The van der Waals surface area contributed by atoms with Gasteiger partial charge in [-0.2, -0.15) is 5.26 Å². The van der Waals surface area contributed by atoms with Crippen LogP contribution in [0.1, 0.15) is 53.4 Å². The molecule has 0 saturated heterocycles. The van der Waals surface area contributed by atoms with Crippen molar-refractivity contribution in [3.8, 4) is 6.07 Å². The lowest BCUT2D eigenvalue weighted by molar-refractivity contribution is 0.000137. The van der Waals surface area contributed by atoms with Crippen molar-refractivity contribution >= 4 is 0 Å². The van der Waals surface area contributed by atoms with Gasteiger partial charge in [0.2, 0.25) is 0 Å². The van der Waals surface area contributed by atoms with Crippen molar-refractivity contribution in [2.24, 2.45) is 11.8 Å². The molecule has 104 valence electrons. The van der Waals surface area contributed by atoms with E-state index in [1.807, 2.05) is 0 Å². The largest absolute Gasteiger partial charge is 0.378 e. The van der Waals surface area contributed by atoms with Crippen LogP contribution in [0.2, 0.25) is 0 Å². The fraction of sp³-hybridized carbons (Fsp3) is 0.933. The summed E-state index contributed by atoms with van der Waals surface area (Å²) in [6.45, 7) is 9.48. The van der Waals surface area contributed by atoms with Gasteiger partial charge >= 0.3 is 0 Å². The van der Waals surface area contributed by atoms with Crippen LogP contribution in [0.25, 0.3) is 0 Å². The maximum atomic E-state index is 9.02. The molecular weight excluding hydrogens is 224 g/mol. The van der Waals surface area contributed by atoms with Gasteiger partial charge in [0.25, 0.3) is 0 Å². The van der Waals surface area contributed by atoms with E-state index in [2.05, 4.69) is 39.1 Å². The van der Waals surface area contributed by atoms with Crippen LogP contribution < -0.4 is 5.32 Å². The molecule has 1 rings (SSSR count). The Morgan fingerprint density at radius 1 is 1.28 bits per heavy atom. The second kappa shape index (κ2) is 7.76. The Hall–Kier alpha value is -0.590. The number of nitrogens with zero attached hydrogens (tertiary/aromatic N) is 1. The molecule has 1 fully saturated rings. The molecule has 0 spiro atoms. The highest BCUT2D eigenvalue weighted by Gasteiger charge is 2.25. The van der Waals surface area contributed by atoms with E-state index in [-0.39, 0.29) is 6.04 Å². The molecule has 4 unspecified atom stereocenters. The Balaban J connectivity index is 2.19. The van der Waals surface area contributed by atoms with Crippen LogP contribution in [-0.4, -0.2) is 24.8 Å². The molecule has 0 heterocycles. The molecule has 0 aromatic carbocycles. The lowest BCUT2D eigenvalue weighted by atomic mass is 9.80. The van der Waals surface area contributed by atoms with Gasteiger partial charge in [0, 0.05) is 12.6 Å². The van der Waals surface area contributed by atoms with Crippen LogP contribution in [0.3, 0.4) is 0 Å². The predicted octanol–water partition coefficient (Wildman–Crippen LogP) is 3.11. The van der Waals surface area contributed by atoms with Gasteiger partial charge in [0.1, 0.15) is 0 Å². The van der Waals surface area contributed by atoms with Gasteiger partial charge in [-0.15, -0.1) is 0 Å². The fourth-order valence-corrected chi connectivity index (χ4v) is 2.59. The molecule has 0 radical (unpaired) electrons. The van der Waals surface area contributed by atoms with Crippen LogP contribution in [0.4, 0.5) is 0 Å². The van der Waals surface area contributed by atoms with Crippen molar-refractivity contribution in [1.29, 1.82) is 5.26 Å². The molecule has 3 heteroatoms. The van der Waals surface area contributed by atoms with Crippen molar-refractivity contribution in [2.75, 3.05) is 6.61 Å². The SMILES string of the molecule is CC(C)NC(C#N)CCOC1CCC(C)C(C)C1. The predicted molar refractivity (Wildman–Crippen MR) is 74.2 cm³/mol. The highest BCUT2D eigenvalue weighted by molar-refractivity contribution is 4.90. The molecule has 1 N–H and O–H groups in total. The van der Waals surface area contributed by atoms with Gasteiger partial charge in [-0.05, 0) is 51.4 Å². The minimum Gasteiger partial charge on any atom is -0.378 e. The summed E-state index contributed by atoms with van der Waals surface area (Å²) in [4.78, 5) is 0. The Kier molecular flexibility index (Phi) is 6.67. The van der Waals surface area contributed by atoms with Gasteiger partial charge in [0.05, 0.1) is 18.2 Å². The van der Waals surface area contributed by atoms with Crippen molar-refractivity contribution in [1.82, 2.24) is 5.32 Å². The molecule has 3 nitrogen and oxygen atoms in total. The van der Waals surface area contributed by atoms with E-state index < -0.39 is 0 Å². The molecule has 0 aromatic rings. The lowest BCUT2D eigenvalue weighted by Crippen LogP contribution is -2.35. The first-order chi connectivity index (χ1) is 8.52. The van der Waals surface area contributed by atoms with Crippen LogP contribution in [0.15, 0.2) is 0 Å². The van der Waals surface area contributed by atoms with E-state index in [0.29, 0.717) is 18.8 Å². The van der Waals surface area contributed by atoms with Crippen molar-refractivity contribution in [3.63, 3.8) is 0 Å². The van der Waals surface area contributed by atoms with E-state index in [1.54, 1.807) is 0 Å². The highest BCUT2D eigenvalue weighted by atomic mass is 16.5. The third kappa shape index (κ3) is 5.37. The summed E-state index contributed by atoms with van der Waals surface area (Å²) in [6.07, 6.45) is 4.83. The molecule has 0 aromatic heterocycles. The summed E-state index contributed by atoms with van der Waals surface area (Å²) in [7, 11) is 0. The number of hydrogen-bond acceptors (Lipinski definition) is 3. The molecule has 0 aliphatic heterocycles. The molecule has 0 bridgehead atoms. The van der Waals surface area contributed by atoms with Crippen molar-refractivity contribution in [3.05, 3.63) is 0 Å². The molecular formula is C15H28N2O. The lowest BCUT2D eigenvalue weighted by Gasteiger charge is -2.32. The first-order valence-electron chi connectivity index (χ1n) is 7.30. The summed E-state index contributed by atoms with van der Waals surface area (Å²) in [5.74, 6) is 1.60. The van der Waals surface area contributed by atoms with Crippen molar-refractivity contribution in [2.45, 2.75) is 71.6 Å². The standard InChI is InChI=1S/C15H28N2O/c1-11(2)17-14(10-16)7-8-18-15-6-5-12(3)13(4)9-15/h11-15,17H,5-9H2,1-4H3. The summed E-state index contributed by atoms with van der Waals surface area (Å²) in [6, 6.07) is 2.57. The van der Waals surface area contributed by atoms with Gasteiger partial charge in [-0.3, -0.25) is 5.32 Å². The van der Waals surface area contributed by atoms with E-state index in [1.165, 1.54) is 19.3 Å². The normalized spacial score (nSPS) is 30.1. The maximum Gasteiger partial charge on any atom is 0.0976 e. The zero-order valence-corrected chi connectivity index (χ0v) is 12.3. The minimum absolute atomic E-state index is 0.0788. The van der Waals surface area contributed by atoms with Gasteiger partial charge in [0.15, 0.2) is 0 Å². The third-order valence-electron chi connectivity index (χ3n) is 4.00. The smallest absolute Gasteiger partial charge is 0.0976 e. The number of nitriles is 1. The summed E-state index contributed by atoms with van der Waals surface area (Å²) in [5, 5.41) is 12.3. The van der Waals surface area contributed by atoms with Crippen LogP contribution in [0.5, 0.6) is 0 Å². The second-order valence-corrected chi connectivity index (χ2v) is 6.05. The molecule has 1 aliphatic rings. The van der Waals surface area contributed by atoms with E-state index in [0.717, 1.165) is 18.3 Å². The van der Waals surface area contributed by atoms with Gasteiger partial charge in [-0.25, -0.2) is 0 Å². The molecule has 4 atom stereocenters. The van der Waals surface area contributed by atoms with Gasteiger partial charge < -0.3 is 4.74 Å². The summed E-state index contributed by atoms with van der Waals surface area (Å²) < 4.78 is 5.92. The van der Waals surface area contributed by atoms with Crippen LogP contribution in [0, 0.1) is 23.2 Å². The van der Waals surface area contributed by atoms with Crippen molar-refractivity contribution < 1.29 is 4.74 Å². The second-order valence-electron chi connectivity index (χ2n) is 6.05. The van der Waals surface area contributed by atoms with E-state index >= 15 is 0 Å². The summed E-state index contributed by atoms with van der Waals surface area (Å²) >= 11 is 0. The Bertz CT molecular complexity index is 272. The Labute approximate surface area is 112 Å². The third-order valence-corrected chi connectivity index (χ3v) is 4.00. The van der Waals surface area contributed by atoms with Gasteiger partial charge in [-0.1, -0.05) is 13.8 Å². The van der Waals surface area contributed by atoms with Crippen LogP contribution in [-0.2, 0) is 4.74 Å². The molecule has 1 aliphatic carbocycles. The quantitative estimate of drug-likeness (QED) is 0.790. The Morgan fingerprint density at radius 2 is 2.00 bits per heavy atom. The van der Waals surface area contributed by atoms with Crippen LogP contribution >= 0.6 is 0 Å². The topological polar surface area (TPSA) is 45.0 Å². The zero-order chi connectivity index (χ0) is 13.5.